The zero-order valence-electron chi connectivity index (χ0n) is 29.7. The summed E-state index contributed by atoms with van der Waals surface area (Å²) >= 11 is 6.19. The van der Waals surface area contributed by atoms with Crippen LogP contribution in [0.4, 0.5) is 14.9 Å². The Bertz CT molecular complexity index is 1730. The van der Waals surface area contributed by atoms with Crippen molar-refractivity contribution in [1.82, 2.24) is 14.2 Å². The molecule has 16 heteroatoms. The third-order valence-corrected chi connectivity index (χ3v) is 12.1. The highest BCUT2D eigenvalue weighted by Gasteiger charge is 2.45. The van der Waals surface area contributed by atoms with E-state index in [1.807, 2.05) is 26.0 Å². The molecule has 5 rings (SSSR count). The van der Waals surface area contributed by atoms with Gasteiger partial charge < -0.3 is 19.7 Å². The number of nitrogens with one attached hydrogen (secondary N) is 1. The number of anilines is 1. The number of rotatable bonds is 9. The number of ether oxygens (including phenoxy) is 2. The van der Waals surface area contributed by atoms with Gasteiger partial charge in [0.05, 0.1) is 36.0 Å². The molecular formula is C35H47ClFN7O6S. The molecule has 0 aliphatic carbocycles. The number of azide groups is 1. The lowest BCUT2D eigenvalue weighted by Crippen LogP contribution is -2.60. The van der Waals surface area contributed by atoms with Crippen LogP contribution in [0.25, 0.3) is 10.4 Å². The van der Waals surface area contributed by atoms with Crippen molar-refractivity contribution in [2.75, 3.05) is 24.2 Å². The fourth-order valence-electron chi connectivity index (χ4n) is 7.74. The number of amides is 2. The molecule has 3 fully saturated rings. The molecule has 278 valence electrons. The Balaban J connectivity index is 1.41. The number of sulfonamides is 1. The molecule has 1 aromatic carbocycles. The topological polar surface area (TPSA) is 167 Å². The number of fused-ring (bicyclic) bond motifs is 2. The number of halogens is 2. The van der Waals surface area contributed by atoms with E-state index in [0.717, 1.165) is 11.8 Å². The number of pyridine rings is 1. The summed E-state index contributed by atoms with van der Waals surface area (Å²) in [5.74, 6) is -2.01. The second-order valence-corrected chi connectivity index (χ2v) is 17.3. The molecule has 1 aromatic heterocycles. The first-order chi connectivity index (χ1) is 24.1. The maximum absolute atomic E-state index is 15.6. The lowest BCUT2D eigenvalue weighted by atomic mass is 9.74. The van der Waals surface area contributed by atoms with Crippen molar-refractivity contribution < 1.29 is 31.9 Å². The molecule has 2 amide bonds. The van der Waals surface area contributed by atoms with E-state index >= 15 is 4.39 Å². The first kappa shape index (κ1) is 38.7. The van der Waals surface area contributed by atoms with E-state index < -0.39 is 51.4 Å². The fourth-order valence-corrected chi connectivity index (χ4v) is 9.66. The van der Waals surface area contributed by atoms with Gasteiger partial charge in [-0.15, -0.1) is 0 Å². The van der Waals surface area contributed by atoms with Crippen LogP contribution in [-0.4, -0.2) is 89.4 Å². The molecule has 2 bridgehead atoms. The summed E-state index contributed by atoms with van der Waals surface area (Å²) in [6, 6.07) is 4.85. The van der Waals surface area contributed by atoms with Crippen molar-refractivity contribution >= 4 is 39.3 Å². The molecule has 3 aliphatic rings. The van der Waals surface area contributed by atoms with E-state index in [1.54, 1.807) is 37.8 Å². The zero-order valence-corrected chi connectivity index (χ0v) is 31.2. The number of carbonyl (C=O) groups excluding carboxylic acids is 2. The first-order valence-electron chi connectivity index (χ1n) is 17.4. The Labute approximate surface area is 303 Å². The summed E-state index contributed by atoms with van der Waals surface area (Å²) in [5, 5.41) is 7.29. The average molecular weight is 748 g/mol. The standard InChI is InChI=1S/C35H47ClFN7O6S/c1-21-15-24(16-22(2)49-21)31(23-8-10-25(36)11-9-23)32(41-42-38)33(45)40-30-18-39-17-29(37)28(30)13-12-27-19-43(34(46)50-35(3,4)5)26-7-6-14-51(47,48)44(27)20-26/h8-11,17-18,21-22,24,26-27,31-32H,6-7,12-16,19-20H2,1-5H3,(H,40,45)/t21-,22+,24?,26-,27+,31+,32+/m1/s1. The minimum absolute atomic E-state index is 0.0231. The molecule has 2 unspecified atom stereocenters. The predicted octanol–water partition coefficient (Wildman–Crippen LogP) is 6.83. The molecule has 3 aliphatic heterocycles. The van der Waals surface area contributed by atoms with Gasteiger partial charge in [0.1, 0.15) is 17.5 Å². The Morgan fingerprint density at radius 3 is 2.51 bits per heavy atom. The van der Waals surface area contributed by atoms with Crippen molar-refractivity contribution in [1.29, 1.82) is 0 Å². The maximum atomic E-state index is 15.6. The predicted molar refractivity (Wildman–Crippen MR) is 191 cm³/mol. The second-order valence-electron chi connectivity index (χ2n) is 14.9. The van der Waals surface area contributed by atoms with Crippen LogP contribution in [0.1, 0.15) is 83.8 Å². The molecule has 0 saturated carbocycles. The monoisotopic (exact) mass is 747 g/mol. The highest BCUT2D eigenvalue weighted by Crippen LogP contribution is 2.41. The Kier molecular flexibility index (Phi) is 12.2. The van der Waals surface area contributed by atoms with Gasteiger partial charge in [-0.05, 0) is 102 Å². The average Bonchev–Trinajstić information content (AvgIpc) is 3.16. The smallest absolute Gasteiger partial charge is 0.410 e. The molecule has 3 saturated heterocycles. The van der Waals surface area contributed by atoms with Crippen LogP contribution < -0.4 is 5.32 Å². The van der Waals surface area contributed by atoms with Crippen LogP contribution in [0.5, 0.6) is 0 Å². The van der Waals surface area contributed by atoms with Gasteiger partial charge in [0.2, 0.25) is 15.9 Å². The summed E-state index contributed by atoms with van der Waals surface area (Å²) in [7, 11) is -3.63. The van der Waals surface area contributed by atoms with Crippen molar-refractivity contribution in [2.24, 2.45) is 11.0 Å². The molecule has 1 N–H and O–H groups in total. The molecular weight excluding hydrogens is 701 g/mol. The number of carbonyl (C=O) groups is 2. The largest absolute Gasteiger partial charge is 0.444 e. The molecule has 4 heterocycles. The van der Waals surface area contributed by atoms with Crippen molar-refractivity contribution in [3.63, 3.8) is 0 Å². The van der Waals surface area contributed by atoms with Crippen LogP contribution in [0.3, 0.4) is 0 Å². The minimum Gasteiger partial charge on any atom is -0.444 e. The number of piperazine rings is 1. The second kappa shape index (κ2) is 16.0. The van der Waals surface area contributed by atoms with Gasteiger partial charge in [0.25, 0.3) is 0 Å². The lowest BCUT2D eigenvalue weighted by Gasteiger charge is -2.44. The molecule has 8 atom stereocenters. The third kappa shape index (κ3) is 9.50. The Morgan fingerprint density at radius 1 is 1.18 bits per heavy atom. The van der Waals surface area contributed by atoms with Crippen LogP contribution >= 0.6 is 11.6 Å². The van der Waals surface area contributed by atoms with Gasteiger partial charge >= 0.3 is 6.09 Å². The minimum atomic E-state index is -3.63. The van der Waals surface area contributed by atoms with E-state index in [-0.39, 0.29) is 67.1 Å². The van der Waals surface area contributed by atoms with E-state index in [4.69, 9.17) is 21.1 Å². The van der Waals surface area contributed by atoms with Gasteiger partial charge in [0, 0.05) is 46.6 Å². The Morgan fingerprint density at radius 2 is 1.86 bits per heavy atom. The van der Waals surface area contributed by atoms with Gasteiger partial charge in [-0.1, -0.05) is 28.8 Å². The third-order valence-electron chi connectivity index (χ3n) is 9.84. The normalized spacial score (nSPS) is 27.3. The zero-order chi connectivity index (χ0) is 37.1. The summed E-state index contributed by atoms with van der Waals surface area (Å²) in [4.78, 5) is 36.0. The van der Waals surface area contributed by atoms with Gasteiger partial charge in [0.15, 0.2) is 0 Å². The SMILES string of the molecule is C[C@@H]1CC([C@H](c2ccc(Cl)cc2)[C@H](N=[N+]=[N-])C(=O)Nc2cncc(F)c2CC[C@H]2CN(C(=O)OC(C)(C)C)[C@@H]3CCCS(=O)(=O)N2C3)C[C@H](C)O1. The fraction of sp³-hybridized carbons (Fsp3) is 0.629. The van der Waals surface area contributed by atoms with Crippen molar-refractivity contribution in [3.05, 3.63) is 69.1 Å². The summed E-state index contributed by atoms with van der Waals surface area (Å²) < 4.78 is 55.3. The summed E-state index contributed by atoms with van der Waals surface area (Å²) in [6.45, 7) is 9.44. The number of hydrogen-bond acceptors (Lipinski definition) is 8. The van der Waals surface area contributed by atoms with E-state index in [2.05, 4.69) is 20.3 Å². The summed E-state index contributed by atoms with van der Waals surface area (Å²) in [6.07, 6.45) is 4.01. The van der Waals surface area contributed by atoms with E-state index in [9.17, 15) is 23.5 Å². The van der Waals surface area contributed by atoms with Crippen LogP contribution in [0, 0.1) is 11.7 Å². The van der Waals surface area contributed by atoms with Gasteiger partial charge in [-0.3, -0.25) is 9.78 Å². The molecule has 51 heavy (non-hydrogen) atoms. The van der Waals surface area contributed by atoms with E-state index in [1.165, 1.54) is 10.5 Å². The quantitative estimate of drug-likeness (QED) is 0.167. The lowest BCUT2D eigenvalue weighted by molar-refractivity contribution is -0.119. The first-order valence-corrected chi connectivity index (χ1v) is 19.4. The van der Waals surface area contributed by atoms with Crippen LogP contribution in [0.15, 0.2) is 41.8 Å². The Hall–Kier alpha value is -3.49. The van der Waals surface area contributed by atoms with Crippen LogP contribution in [0.2, 0.25) is 5.02 Å². The maximum Gasteiger partial charge on any atom is 0.410 e. The molecule has 0 radical (unpaired) electrons. The number of nitrogens with zero attached hydrogens (tertiary/aromatic N) is 6. The molecule has 13 nitrogen and oxygen atoms in total. The van der Waals surface area contributed by atoms with E-state index in [0.29, 0.717) is 30.7 Å². The number of aromatic nitrogens is 1. The number of benzene rings is 1. The summed E-state index contributed by atoms with van der Waals surface area (Å²) in [5.41, 5.74) is 9.87. The highest BCUT2D eigenvalue weighted by molar-refractivity contribution is 7.89. The van der Waals surface area contributed by atoms with Crippen molar-refractivity contribution in [3.8, 4) is 0 Å². The van der Waals surface area contributed by atoms with Crippen LogP contribution in [-0.2, 0) is 30.7 Å². The molecule has 2 aromatic rings. The molecule has 0 spiro atoms. The van der Waals surface area contributed by atoms with Crippen molar-refractivity contribution in [2.45, 2.75) is 115 Å². The van der Waals surface area contributed by atoms with Gasteiger partial charge in [-0.25, -0.2) is 17.6 Å². The highest BCUT2D eigenvalue weighted by atomic mass is 35.5. The number of hydrogen-bond donors (Lipinski definition) is 1. The van der Waals surface area contributed by atoms with Gasteiger partial charge in [-0.2, -0.15) is 4.31 Å².